The van der Waals surface area contributed by atoms with Gasteiger partial charge in [0.1, 0.15) is 17.9 Å². The molecule has 1 fully saturated rings. The number of amides is 1. The summed E-state index contributed by atoms with van der Waals surface area (Å²) in [5.41, 5.74) is 0.349. The molecule has 0 bridgehead atoms. The number of anilines is 1. The van der Waals surface area contributed by atoms with Crippen LogP contribution in [0.25, 0.3) is 0 Å². The van der Waals surface area contributed by atoms with Crippen LogP contribution < -0.4 is 10.1 Å². The highest BCUT2D eigenvalue weighted by molar-refractivity contribution is 6.05. The molecule has 2 aromatic heterocycles. The van der Waals surface area contributed by atoms with Crippen LogP contribution in [0.2, 0.25) is 0 Å². The van der Waals surface area contributed by atoms with Gasteiger partial charge in [-0.2, -0.15) is 0 Å². The van der Waals surface area contributed by atoms with E-state index in [1.165, 1.54) is 6.26 Å². The molecule has 0 radical (unpaired) electrons. The molecule has 3 heterocycles. The number of pyridine rings is 1. The van der Waals surface area contributed by atoms with Gasteiger partial charge in [-0.15, -0.1) is 0 Å². The third kappa shape index (κ3) is 2.77. The number of nitrogens with zero attached hydrogens (tertiary/aromatic N) is 2. The Hall–Kier alpha value is -2.41. The van der Waals surface area contributed by atoms with E-state index in [4.69, 9.17) is 9.47 Å². The van der Waals surface area contributed by atoms with E-state index in [1.807, 2.05) is 0 Å². The van der Waals surface area contributed by atoms with Crippen molar-refractivity contribution in [2.75, 3.05) is 18.5 Å². The Balaban J connectivity index is 1.76. The fourth-order valence-electron chi connectivity index (χ4n) is 1.88. The van der Waals surface area contributed by atoms with E-state index < -0.39 is 0 Å². The van der Waals surface area contributed by atoms with Crippen molar-refractivity contribution >= 4 is 11.7 Å². The van der Waals surface area contributed by atoms with Crippen LogP contribution in [0.5, 0.6) is 5.88 Å². The van der Waals surface area contributed by atoms with E-state index in [2.05, 4.69) is 20.0 Å². The maximum absolute atomic E-state index is 12.2. The quantitative estimate of drug-likeness (QED) is 0.909. The molecule has 1 aliphatic heterocycles. The maximum Gasteiger partial charge on any atom is 0.262 e. The molecule has 0 spiro atoms. The lowest BCUT2D eigenvalue weighted by atomic mass is 10.2. The summed E-state index contributed by atoms with van der Waals surface area (Å²) in [5, 5.41) is 6.23. The first-order valence-corrected chi connectivity index (χ1v) is 6.24. The van der Waals surface area contributed by atoms with Crippen LogP contribution in [0.3, 0.4) is 0 Å². The van der Waals surface area contributed by atoms with Gasteiger partial charge in [0.2, 0.25) is 5.88 Å². The van der Waals surface area contributed by atoms with E-state index in [0.29, 0.717) is 30.5 Å². The molecule has 1 unspecified atom stereocenters. The van der Waals surface area contributed by atoms with Crippen molar-refractivity contribution in [3.05, 3.63) is 36.2 Å². The number of carbonyl (C=O) groups is 1. The van der Waals surface area contributed by atoms with Crippen molar-refractivity contribution in [3.63, 3.8) is 0 Å². The fourth-order valence-corrected chi connectivity index (χ4v) is 1.88. The van der Waals surface area contributed by atoms with Crippen molar-refractivity contribution in [2.24, 2.45) is 0 Å². The van der Waals surface area contributed by atoms with Gasteiger partial charge in [-0.25, -0.2) is 4.98 Å². The van der Waals surface area contributed by atoms with E-state index in [9.17, 15) is 4.79 Å². The van der Waals surface area contributed by atoms with Crippen LogP contribution in [0, 0.1) is 0 Å². The Morgan fingerprint density at radius 3 is 3.15 bits per heavy atom. The van der Waals surface area contributed by atoms with Crippen LogP contribution in [-0.4, -0.2) is 35.4 Å². The minimum absolute atomic E-state index is 0.0662. The van der Waals surface area contributed by atoms with Gasteiger partial charge < -0.3 is 19.3 Å². The van der Waals surface area contributed by atoms with Crippen molar-refractivity contribution in [1.29, 1.82) is 0 Å². The molecule has 104 valence electrons. The molecule has 1 amide bonds. The molecule has 7 heteroatoms. The molecule has 1 atom stereocenters. The number of aromatic nitrogens is 2. The molecule has 1 saturated heterocycles. The first kappa shape index (κ1) is 12.6. The number of hydrogen-bond donors (Lipinski definition) is 1. The van der Waals surface area contributed by atoms with Crippen molar-refractivity contribution in [2.45, 2.75) is 12.5 Å². The van der Waals surface area contributed by atoms with E-state index in [1.54, 1.807) is 24.4 Å². The Kier molecular flexibility index (Phi) is 3.60. The molecular weight excluding hydrogens is 262 g/mol. The molecular formula is C13H13N3O4. The summed E-state index contributed by atoms with van der Waals surface area (Å²) in [5.74, 6) is 0.291. The minimum atomic E-state index is -0.346. The summed E-state index contributed by atoms with van der Waals surface area (Å²) in [6.45, 7) is 1.18. The van der Waals surface area contributed by atoms with Gasteiger partial charge in [0.05, 0.1) is 13.2 Å². The molecule has 0 aromatic carbocycles. The minimum Gasteiger partial charge on any atom is -0.471 e. The summed E-state index contributed by atoms with van der Waals surface area (Å²) >= 11 is 0. The monoisotopic (exact) mass is 275 g/mol. The Morgan fingerprint density at radius 1 is 1.45 bits per heavy atom. The highest BCUT2D eigenvalue weighted by Gasteiger charge is 2.21. The molecule has 1 aliphatic rings. The predicted octanol–water partition coefficient (Wildman–Crippen LogP) is 1.49. The summed E-state index contributed by atoms with van der Waals surface area (Å²) in [6, 6.07) is 4.88. The maximum atomic E-state index is 12.2. The van der Waals surface area contributed by atoms with E-state index in [0.717, 1.165) is 6.42 Å². The molecule has 2 aromatic rings. The topological polar surface area (TPSA) is 86.5 Å². The summed E-state index contributed by atoms with van der Waals surface area (Å²) < 4.78 is 15.6. The molecule has 3 rings (SSSR count). The van der Waals surface area contributed by atoms with Gasteiger partial charge in [0, 0.05) is 18.7 Å². The normalized spacial score (nSPS) is 17.9. The highest BCUT2D eigenvalue weighted by atomic mass is 16.5. The third-order valence-corrected chi connectivity index (χ3v) is 2.86. The average Bonchev–Trinajstić information content (AvgIpc) is 3.13. The first-order valence-electron chi connectivity index (χ1n) is 6.24. The van der Waals surface area contributed by atoms with E-state index >= 15 is 0 Å². The lowest BCUT2D eigenvalue weighted by Crippen LogP contribution is -2.20. The molecule has 7 nitrogen and oxygen atoms in total. The molecule has 0 saturated carbocycles. The standard InChI is InChI=1S/C13H13N3O4/c17-12(15-11-4-7-19-16-11)10-2-1-5-14-13(10)20-9-3-6-18-8-9/h1-2,4-5,7,9H,3,6,8H2,(H,15,16,17). The molecule has 1 N–H and O–H groups in total. The second kappa shape index (κ2) is 5.70. The lowest BCUT2D eigenvalue weighted by molar-refractivity contribution is 0.101. The van der Waals surface area contributed by atoms with Crippen LogP contribution in [0.4, 0.5) is 5.82 Å². The smallest absolute Gasteiger partial charge is 0.262 e. The van der Waals surface area contributed by atoms with Crippen molar-refractivity contribution in [3.8, 4) is 5.88 Å². The molecule has 20 heavy (non-hydrogen) atoms. The number of rotatable bonds is 4. The zero-order valence-electron chi connectivity index (χ0n) is 10.6. The summed E-state index contributed by atoms with van der Waals surface area (Å²) in [4.78, 5) is 16.3. The van der Waals surface area contributed by atoms with Gasteiger partial charge in [-0.05, 0) is 12.1 Å². The summed E-state index contributed by atoms with van der Waals surface area (Å²) in [7, 11) is 0. The third-order valence-electron chi connectivity index (χ3n) is 2.86. The Labute approximate surface area is 114 Å². The van der Waals surface area contributed by atoms with Crippen LogP contribution in [0.1, 0.15) is 16.8 Å². The van der Waals surface area contributed by atoms with Crippen LogP contribution >= 0.6 is 0 Å². The Bertz CT molecular complexity index is 579. The highest BCUT2D eigenvalue weighted by Crippen LogP contribution is 2.20. The Morgan fingerprint density at radius 2 is 2.40 bits per heavy atom. The van der Waals surface area contributed by atoms with Gasteiger partial charge in [0.25, 0.3) is 5.91 Å². The lowest BCUT2D eigenvalue weighted by Gasteiger charge is -2.13. The van der Waals surface area contributed by atoms with Crippen LogP contribution in [-0.2, 0) is 4.74 Å². The van der Waals surface area contributed by atoms with Gasteiger partial charge in [0.15, 0.2) is 5.82 Å². The number of nitrogens with one attached hydrogen (secondary N) is 1. The second-order valence-electron chi connectivity index (χ2n) is 4.30. The van der Waals surface area contributed by atoms with Crippen molar-refractivity contribution < 1.29 is 18.8 Å². The fraction of sp³-hybridized carbons (Fsp3) is 0.308. The average molecular weight is 275 g/mol. The second-order valence-corrected chi connectivity index (χ2v) is 4.30. The number of ether oxygens (including phenoxy) is 2. The van der Waals surface area contributed by atoms with Gasteiger partial charge in [-0.1, -0.05) is 5.16 Å². The first-order chi connectivity index (χ1) is 9.83. The summed E-state index contributed by atoms with van der Waals surface area (Å²) in [6.07, 6.45) is 3.69. The van der Waals surface area contributed by atoms with Gasteiger partial charge in [-0.3, -0.25) is 4.79 Å². The zero-order chi connectivity index (χ0) is 13.8. The van der Waals surface area contributed by atoms with Crippen molar-refractivity contribution in [1.82, 2.24) is 10.1 Å². The van der Waals surface area contributed by atoms with Crippen LogP contribution in [0.15, 0.2) is 35.2 Å². The van der Waals surface area contributed by atoms with E-state index in [-0.39, 0.29) is 12.0 Å². The SMILES string of the molecule is O=C(Nc1ccon1)c1cccnc1OC1CCOC1. The zero-order valence-corrected chi connectivity index (χ0v) is 10.6. The largest absolute Gasteiger partial charge is 0.471 e. The number of carbonyl (C=O) groups excluding carboxylic acids is 1. The van der Waals surface area contributed by atoms with Gasteiger partial charge >= 0.3 is 0 Å². The predicted molar refractivity (Wildman–Crippen MR) is 68.5 cm³/mol. The number of hydrogen-bond acceptors (Lipinski definition) is 6. The molecule has 0 aliphatic carbocycles.